The molecule has 1 saturated heterocycles. The minimum absolute atomic E-state index is 0.0104. The van der Waals surface area contributed by atoms with Gasteiger partial charge in [-0.15, -0.1) is 11.8 Å². The van der Waals surface area contributed by atoms with Crippen molar-refractivity contribution >= 4 is 40.6 Å². The van der Waals surface area contributed by atoms with E-state index in [2.05, 4.69) is 15.6 Å². The number of nitrogens with two attached hydrogens (primary N) is 1. The van der Waals surface area contributed by atoms with E-state index in [0.29, 0.717) is 42.1 Å². The lowest BCUT2D eigenvalue weighted by Gasteiger charge is -2.36. The summed E-state index contributed by atoms with van der Waals surface area (Å²) < 4.78 is 12.9. The van der Waals surface area contributed by atoms with E-state index in [0.717, 1.165) is 47.4 Å². The molecule has 1 aliphatic rings. The molecule has 4 aromatic rings. The monoisotopic (exact) mass is 654 g/mol. The number of ether oxygens (including phenoxy) is 2. The van der Waals surface area contributed by atoms with Crippen LogP contribution in [-0.2, 0) is 25.7 Å². The first-order chi connectivity index (χ1) is 23.0. The van der Waals surface area contributed by atoms with Crippen molar-refractivity contribution in [2.24, 2.45) is 0 Å². The lowest BCUT2D eigenvalue weighted by Crippen LogP contribution is -2.31. The SMILES string of the molecule is Nc1ccccc1NC(=O)CCCCCCC(=O)Nc1cccc([C@H]2O[C@@H](CSc3ccccn3)C[C@@H](c3ccc(CO)cc3)O2)c1. The Labute approximate surface area is 280 Å². The summed E-state index contributed by atoms with van der Waals surface area (Å²) in [6.45, 7) is -0.0104. The molecule has 1 aromatic heterocycles. The number of rotatable bonds is 15. The second kappa shape index (κ2) is 17.6. The van der Waals surface area contributed by atoms with Gasteiger partial charge in [0.15, 0.2) is 6.29 Å². The Balaban J connectivity index is 1.11. The molecular weight excluding hydrogens is 612 g/mol. The number of nitrogens with zero attached hydrogens (tertiary/aromatic N) is 1. The summed E-state index contributed by atoms with van der Waals surface area (Å²) in [4.78, 5) is 29.4. The van der Waals surface area contributed by atoms with Crippen LogP contribution >= 0.6 is 11.8 Å². The van der Waals surface area contributed by atoms with Gasteiger partial charge >= 0.3 is 0 Å². The highest BCUT2D eigenvalue weighted by atomic mass is 32.2. The van der Waals surface area contributed by atoms with Crippen LogP contribution in [0.1, 0.15) is 74.0 Å². The van der Waals surface area contributed by atoms with E-state index in [4.69, 9.17) is 15.2 Å². The van der Waals surface area contributed by atoms with Gasteiger partial charge in [0, 0.05) is 42.5 Å². The maximum Gasteiger partial charge on any atom is 0.224 e. The van der Waals surface area contributed by atoms with Gasteiger partial charge in [0.05, 0.1) is 35.2 Å². The van der Waals surface area contributed by atoms with Gasteiger partial charge in [-0.05, 0) is 60.4 Å². The molecule has 10 heteroatoms. The minimum atomic E-state index is -0.618. The van der Waals surface area contributed by atoms with E-state index in [9.17, 15) is 14.7 Å². The number of aliphatic hydroxyl groups excluding tert-OH is 1. The summed E-state index contributed by atoms with van der Waals surface area (Å²) >= 11 is 1.65. The number of pyridine rings is 1. The largest absolute Gasteiger partial charge is 0.397 e. The Morgan fingerprint density at radius 2 is 1.57 bits per heavy atom. The van der Waals surface area contributed by atoms with Crippen LogP contribution in [0.3, 0.4) is 0 Å². The molecule has 9 nitrogen and oxygen atoms in total. The highest BCUT2D eigenvalue weighted by Gasteiger charge is 2.32. The first-order valence-corrected chi connectivity index (χ1v) is 17.0. The molecule has 2 heterocycles. The van der Waals surface area contributed by atoms with Crippen LogP contribution in [-0.4, -0.2) is 33.8 Å². The van der Waals surface area contributed by atoms with E-state index < -0.39 is 6.29 Å². The Morgan fingerprint density at radius 3 is 2.30 bits per heavy atom. The molecule has 0 saturated carbocycles. The maximum absolute atomic E-state index is 12.8. The van der Waals surface area contributed by atoms with Crippen molar-refractivity contribution in [1.29, 1.82) is 0 Å². The van der Waals surface area contributed by atoms with Gasteiger partial charge in [0.25, 0.3) is 0 Å². The van der Waals surface area contributed by atoms with Crippen molar-refractivity contribution in [2.45, 2.75) is 75.1 Å². The summed E-state index contributed by atoms with van der Waals surface area (Å²) in [5.74, 6) is 0.595. The van der Waals surface area contributed by atoms with Crippen LogP contribution in [0.25, 0.3) is 0 Å². The summed E-state index contributed by atoms with van der Waals surface area (Å²) in [7, 11) is 0. The molecule has 3 aromatic carbocycles. The molecule has 5 N–H and O–H groups in total. The maximum atomic E-state index is 12.8. The molecule has 0 unspecified atom stereocenters. The zero-order valence-electron chi connectivity index (χ0n) is 26.3. The zero-order valence-corrected chi connectivity index (χ0v) is 27.2. The minimum Gasteiger partial charge on any atom is -0.397 e. The third-order valence-electron chi connectivity index (χ3n) is 7.90. The number of aromatic nitrogens is 1. The molecule has 2 amide bonds. The second-order valence-corrected chi connectivity index (χ2v) is 12.6. The van der Waals surface area contributed by atoms with Gasteiger partial charge in [0.1, 0.15) is 0 Å². The molecule has 0 spiro atoms. The van der Waals surface area contributed by atoms with Crippen LogP contribution in [0.4, 0.5) is 17.1 Å². The number of carbonyl (C=O) groups is 2. The quantitative estimate of drug-likeness (QED) is 0.0591. The lowest BCUT2D eigenvalue weighted by molar-refractivity contribution is -0.245. The Bertz CT molecular complexity index is 1590. The summed E-state index contributed by atoms with van der Waals surface area (Å²) in [5.41, 5.74) is 10.4. The number of carbonyl (C=O) groups excluding carboxylic acids is 2. The number of aliphatic hydroxyl groups is 1. The van der Waals surface area contributed by atoms with E-state index in [1.54, 1.807) is 30.1 Å². The molecule has 246 valence electrons. The number of nitrogen functional groups attached to an aromatic ring is 1. The molecule has 0 aliphatic carbocycles. The van der Waals surface area contributed by atoms with E-state index in [-0.39, 0.29) is 30.6 Å². The number of hydrogen-bond acceptors (Lipinski definition) is 8. The van der Waals surface area contributed by atoms with Crippen LogP contribution < -0.4 is 16.4 Å². The predicted octanol–water partition coefficient (Wildman–Crippen LogP) is 7.41. The van der Waals surface area contributed by atoms with Gasteiger partial charge < -0.3 is 30.9 Å². The van der Waals surface area contributed by atoms with Gasteiger partial charge in [-0.25, -0.2) is 4.98 Å². The van der Waals surface area contributed by atoms with Crippen LogP contribution in [0.15, 0.2) is 102 Å². The summed E-state index contributed by atoms with van der Waals surface area (Å²) in [5, 5.41) is 16.3. The van der Waals surface area contributed by atoms with Crippen LogP contribution in [0.5, 0.6) is 0 Å². The van der Waals surface area contributed by atoms with Gasteiger partial charge in [-0.2, -0.15) is 0 Å². The van der Waals surface area contributed by atoms with Crippen molar-refractivity contribution in [3.8, 4) is 0 Å². The molecular formula is C37H42N4O5S. The normalized spacial score (nSPS) is 17.6. The van der Waals surface area contributed by atoms with E-state index >= 15 is 0 Å². The van der Waals surface area contributed by atoms with E-state index in [1.165, 1.54) is 0 Å². The van der Waals surface area contributed by atoms with Gasteiger partial charge in [-0.1, -0.05) is 67.4 Å². The van der Waals surface area contributed by atoms with Crippen molar-refractivity contribution in [1.82, 2.24) is 4.98 Å². The molecule has 1 fully saturated rings. The molecule has 3 atom stereocenters. The topological polar surface area (TPSA) is 136 Å². The number of nitrogens with one attached hydrogen (secondary N) is 2. The highest BCUT2D eigenvalue weighted by Crippen LogP contribution is 2.39. The standard InChI is InChI=1S/C37H42N4O5S/c38-31-12-5-6-13-32(31)41-35(44)15-4-2-1-3-14-34(43)40-29-11-9-10-28(22-29)37-45-30(25-47-36-16-7-8-21-39-36)23-33(46-37)27-19-17-26(24-42)18-20-27/h5-13,16-22,30,33,37,42H,1-4,14-15,23-25,38H2,(H,40,43)(H,41,44)/t30-,33+,37+/m1/s1. The molecule has 0 radical (unpaired) electrons. The fraction of sp³-hybridized carbons (Fsp3) is 0.324. The average molecular weight is 655 g/mol. The summed E-state index contributed by atoms with van der Waals surface area (Å²) in [6, 6.07) is 28.5. The Kier molecular flexibility index (Phi) is 12.8. The predicted molar refractivity (Wildman–Crippen MR) is 186 cm³/mol. The molecule has 1 aliphatic heterocycles. The first-order valence-electron chi connectivity index (χ1n) is 16.1. The van der Waals surface area contributed by atoms with Gasteiger partial charge in [0.2, 0.25) is 11.8 Å². The third-order valence-corrected chi connectivity index (χ3v) is 8.98. The second-order valence-electron chi connectivity index (χ2n) is 11.6. The molecule has 47 heavy (non-hydrogen) atoms. The number of hydrogen-bond donors (Lipinski definition) is 4. The molecule has 5 rings (SSSR count). The average Bonchev–Trinajstić information content (AvgIpc) is 3.10. The number of thioether (sulfide) groups is 1. The fourth-order valence-electron chi connectivity index (χ4n) is 5.37. The number of benzene rings is 3. The van der Waals surface area contributed by atoms with Crippen molar-refractivity contribution < 1.29 is 24.2 Å². The van der Waals surface area contributed by atoms with Gasteiger partial charge in [-0.3, -0.25) is 9.59 Å². The van der Waals surface area contributed by atoms with E-state index in [1.807, 2.05) is 78.9 Å². The third kappa shape index (κ3) is 10.7. The van der Waals surface area contributed by atoms with Crippen molar-refractivity contribution in [3.05, 3.63) is 114 Å². The molecule has 0 bridgehead atoms. The lowest BCUT2D eigenvalue weighted by atomic mass is 10.0. The van der Waals surface area contributed by atoms with Crippen LogP contribution in [0.2, 0.25) is 0 Å². The van der Waals surface area contributed by atoms with Crippen LogP contribution in [0, 0.1) is 0 Å². The van der Waals surface area contributed by atoms with Crippen molar-refractivity contribution in [2.75, 3.05) is 22.1 Å². The fourth-order valence-corrected chi connectivity index (χ4v) is 6.25. The zero-order chi connectivity index (χ0) is 32.8. The van der Waals surface area contributed by atoms with Crippen molar-refractivity contribution in [3.63, 3.8) is 0 Å². The Hall–Kier alpha value is -4.22. The highest BCUT2D eigenvalue weighted by molar-refractivity contribution is 7.99. The smallest absolute Gasteiger partial charge is 0.224 e. The number of para-hydroxylation sites is 2. The number of amides is 2. The number of unbranched alkanes of at least 4 members (excludes halogenated alkanes) is 3. The Morgan fingerprint density at radius 1 is 0.830 bits per heavy atom. The first kappa shape index (κ1) is 34.1. The number of anilines is 3. The summed E-state index contributed by atoms with van der Waals surface area (Å²) in [6.07, 6.45) is 5.56.